The number of anilines is 1. The fourth-order valence-electron chi connectivity index (χ4n) is 2.46. The number of rotatable bonds is 8. The van der Waals surface area contributed by atoms with Crippen LogP contribution in [0.5, 0.6) is 11.5 Å². The Bertz CT molecular complexity index is 875. The van der Waals surface area contributed by atoms with Gasteiger partial charge in [0.05, 0.1) is 25.3 Å². The van der Waals surface area contributed by atoms with Gasteiger partial charge in [0, 0.05) is 18.7 Å². The van der Waals surface area contributed by atoms with Crippen LogP contribution in [-0.4, -0.2) is 25.5 Å². The molecule has 0 spiro atoms. The summed E-state index contributed by atoms with van der Waals surface area (Å²) in [6.07, 6.45) is 0. The molecule has 0 bridgehead atoms. The molecule has 1 atom stereocenters. The number of carbonyl (C=O) groups is 2. The summed E-state index contributed by atoms with van der Waals surface area (Å²) in [6, 6.07) is 13.0. The normalized spacial score (nSPS) is 11.1. The van der Waals surface area contributed by atoms with Gasteiger partial charge in [0.25, 0.3) is 5.91 Å². The van der Waals surface area contributed by atoms with E-state index >= 15 is 0 Å². The summed E-state index contributed by atoms with van der Waals surface area (Å²) < 4.78 is 10.6. The molecule has 0 heterocycles. The second kappa shape index (κ2) is 9.94. The molecule has 2 amide bonds. The first-order valence-electron chi connectivity index (χ1n) is 8.62. The molecule has 0 saturated carbocycles. The van der Waals surface area contributed by atoms with E-state index in [1.807, 2.05) is 0 Å². The number of ether oxygens (including phenoxy) is 2. The van der Waals surface area contributed by atoms with E-state index in [1.54, 1.807) is 56.5 Å². The lowest BCUT2D eigenvalue weighted by molar-refractivity contribution is -0.114. The SMILES string of the molecule is CCOc1cc(NC(C)=O)ccc1C(=O)NN[C@@H](C#N)c1ccc(OC)cc1. The van der Waals surface area contributed by atoms with Crippen LogP contribution in [0.25, 0.3) is 0 Å². The summed E-state index contributed by atoms with van der Waals surface area (Å²) >= 11 is 0. The highest BCUT2D eigenvalue weighted by Gasteiger charge is 2.16. The molecular weight excluding hydrogens is 360 g/mol. The topological polar surface area (TPSA) is 112 Å². The van der Waals surface area contributed by atoms with E-state index in [4.69, 9.17) is 9.47 Å². The summed E-state index contributed by atoms with van der Waals surface area (Å²) in [6.45, 7) is 3.54. The van der Waals surface area contributed by atoms with Crippen molar-refractivity contribution in [2.24, 2.45) is 0 Å². The first-order valence-corrected chi connectivity index (χ1v) is 8.62. The van der Waals surface area contributed by atoms with Crippen molar-refractivity contribution >= 4 is 17.5 Å². The van der Waals surface area contributed by atoms with E-state index in [0.717, 1.165) is 0 Å². The third kappa shape index (κ3) is 5.46. The van der Waals surface area contributed by atoms with E-state index in [9.17, 15) is 14.9 Å². The molecule has 2 aromatic rings. The highest BCUT2D eigenvalue weighted by atomic mass is 16.5. The van der Waals surface area contributed by atoms with E-state index in [0.29, 0.717) is 29.4 Å². The number of hydrazine groups is 1. The molecule has 2 rings (SSSR count). The summed E-state index contributed by atoms with van der Waals surface area (Å²) in [4.78, 5) is 23.8. The van der Waals surface area contributed by atoms with Crippen molar-refractivity contribution in [2.45, 2.75) is 19.9 Å². The average molecular weight is 382 g/mol. The Morgan fingerprint density at radius 3 is 2.46 bits per heavy atom. The van der Waals surface area contributed by atoms with Gasteiger partial charge in [-0.15, -0.1) is 0 Å². The van der Waals surface area contributed by atoms with E-state index in [-0.39, 0.29) is 11.5 Å². The van der Waals surface area contributed by atoms with E-state index in [1.165, 1.54) is 6.92 Å². The maximum absolute atomic E-state index is 12.6. The van der Waals surface area contributed by atoms with Crippen LogP contribution in [0.2, 0.25) is 0 Å². The first-order chi connectivity index (χ1) is 13.5. The van der Waals surface area contributed by atoms with Gasteiger partial charge in [0.15, 0.2) is 0 Å². The van der Waals surface area contributed by atoms with Gasteiger partial charge in [-0.2, -0.15) is 5.26 Å². The lowest BCUT2D eigenvalue weighted by atomic mass is 10.1. The predicted octanol–water partition coefficient (Wildman–Crippen LogP) is 2.55. The van der Waals surface area contributed by atoms with Crippen LogP contribution in [0.3, 0.4) is 0 Å². The summed E-state index contributed by atoms with van der Waals surface area (Å²) in [5, 5.41) is 12.0. The van der Waals surface area contributed by atoms with Gasteiger partial charge in [-0.25, -0.2) is 5.43 Å². The van der Waals surface area contributed by atoms with Crippen molar-refractivity contribution in [1.82, 2.24) is 10.9 Å². The number of benzene rings is 2. The zero-order valence-corrected chi connectivity index (χ0v) is 15.9. The third-order valence-corrected chi connectivity index (χ3v) is 3.75. The minimum atomic E-state index is -0.746. The molecule has 146 valence electrons. The second-order valence-corrected chi connectivity index (χ2v) is 5.76. The summed E-state index contributed by atoms with van der Waals surface area (Å²) in [7, 11) is 1.56. The van der Waals surface area contributed by atoms with Crippen molar-refractivity contribution in [3.63, 3.8) is 0 Å². The van der Waals surface area contributed by atoms with Gasteiger partial charge in [0.2, 0.25) is 5.91 Å². The van der Waals surface area contributed by atoms with Crippen LogP contribution in [0.1, 0.15) is 35.8 Å². The lowest BCUT2D eigenvalue weighted by Gasteiger charge is -2.16. The minimum Gasteiger partial charge on any atom is -0.497 e. The fraction of sp³-hybridized carbons (Fsp3) is 0.250. The molecular formula is C20H22N4O4. The number of hydrogen-bond acceptors (Lipinski definition) is 6. The van der Waals surface area contributed by atoms with Gasteiger partial charge in [-0.1, -0.05) is 12.1 Å². The smallest absolute Gasteiger partial charge is 0.269 e. The van der Waals surface area contributed by atoms with Crippen LogP contribution in [0.4, 0.5) is 5.69 Å². The molecule has 8 heteroatoms. The van der Waals surface area contributed by atoms with Gasteiger partial charge >= 0.3 is 0 Å². The molecule has 3 N–H and O–H groups in total. The fourth-order valence-corrected chi connectivity index (χ4v) is 2.46. The van der Waals surface area contributed by atoms with Gasteiger partial charge in [-0.3, -0.25) is 15.0 Å². The Labute approximate surface area is 163 Å². The molecule has 0 saturated heterocycles. The summed E-state index contributed by atoms with van der Waals surface area (Å²) in [5.41, 5.74) is 6.71. The molecule has 8 nitrogen and oxygen atoms in total. The van der Waals surface area contributed by atoms with E-state index < -0.39 is 11.9 Å². The zero-order chi connectivity index (χ0) is 20.5. The Morgan fingerprint density at radius 1 is 1.18 bits per heavy atom. The van der Waals surface area contributed by atoms with Gasteiger partial charge < -0.3 is 14.8 Å². The molecule has 0 radical (unpaired) electrons. The molecule has 0 fully saturated rings. The minimum absolute atomic E-state index is 0.224. The number of carbonyl (C=O) groups excluding carboxylic acids is 2. The molecule has 0 aliphatic rings. The van der Waals surface area contributed by atoms with Crippen LogP contribution in [-0.2, 0) is 4.79 Å². The Kier molecular flexibility index (Phi) is 7.37. The van der Waals surface area contributed by atoms with Gasteiger partial charge in [0.1, 0.15) is 17.5 Å². The average Bonchev–Trinajstić information content (AvgIpc) is 2.68. The van der Waals surface area contributed by atoms with Crippen LogP contribution < -0.4 is 25.6 Å². The van der Waals surface area contributed by atoms with E-state index in [2.05, 4.69) is 22.2 Å². The van der Waals surface area contributed by atoms with Crippen LogP contribution >= 0.6 is 0 Å². The quantitative estimate of drug-likeness (QED) is 0.605. The maximum Gasteiger partial charge on any atom is 0.269 e. The Balaban J connectivity index is 2.12. The number of nitriles is 1. The largest absolute Gasteiger partial charge is 0.497 e. The highest BCUT2D eigenvalue weighted by molar-refractivity contribution is 5.98. The van der Waals surface area contributed by atoms with Crippen molar-refractivity contribution in [1.29, 1.82) is 5.26 Å². The Hall–Kier alpha value is -3.57. The maximum atomic E-state index is 12.6. The van der Waals surface area contributed by atoms with Crippen molar-refractivity contribution in [2.75, 3.05) is 19.0 Å². The number of nitrogens with one attached hydrogen (secondary N) is 3. The zero-order valence-electron chi connectivity index (χ0n) is 15.9. The number of nitrogens with zero attached hydrogens (tertiary/aromatic N) is 1. The molecule has 0 unspecified atom stereocenters. The Morgan fingerprint density at radius 2 is 1.89 bits per heavy atom. The second-order valence-electron chi connectivity index (χ2n) is 5.76. The van der Waals surface area contributed by atoms with Gasteiger partial charge in [-0.05, 0) is 36.8 Å². The third-order valence-electron chi connectivity index (χ3n) is 3.75. The lowest BCUT2D eigenvalue weighted by Crippen LogP contribution is -2.39. The van der Waals surface area contributed by atoms with Crippen molar-refractivity contribution < 1.29 is 19.1 Å². The van der Waals surface area contributed by atoms with Crippen molar-refractivity contribution in [3.05, 3.63) is 53.6 Å². The molecule has 28 heavy (non-hydrogen) atoms. The molecule has 0 aliphatic heterocycles. The predicted molar refractivity (Wildman–Crippen MR) is 104 cm³/mol. The molecule has 0 aliphatic carbocycles. The van der Waals surface area contributed by atoms with Crippen LogP contribution in [0.15, 0.2) is 42.5 Å². The highest BCUT2D eigenvalue weighted by Crippen LogP contribution is 2.24. The summed E-state index contributed by atoms with van der Waals surface area (Å²) in [5.74, 6) is 0.306. The standard InChI is InChI=1S/C20H22N4O4/c1-4-28-19-11-15(22-13(2)25)7-10-17(19)20(26)24-23-18(12-21)14-5-8-16(27-3)9-6-14/h5-11,18,23H,4H2,1-3H3,(H,22,25)(H,24,26)/t18-/m0/s1. The monoisotopic (exact) mass is 382 g/mol. The van der Waals surface area contributed by atoms with Crippen molar-refractivity contribution in [3.8, 4) is 17.6 Å². The van der Waals surface area contributed by atoms with Crippen LogP contribution in [0, 0.1) is 11.3 Å². The number of amides is 2. The number of methoxy groups -OCH3 is 1. The molecule has 2 aromatic carbocycles. The number of hydrogen-bond donors (Lipinski definition) is 3. The molecule has 0 aromatic heterocycles. The first kappa shape index (κ1) is 20.7.